The summed E-state index contributed by atoms with van der Waals surface area (Å²) in [5.41, 5.74) is 4.04. The van der Waals surface area contributed by atoms with Gasteiger partial charge in [0.15, 0.2) is 0 Å². The third kappa shape index (κ3) is 4.28. The molecule has 5 rings (SSSR count). The van der Waals surface area contributed by atoms with Crippen LogP contribution in [-0.4, -0.2) is 40.8 Å². The average molecular weight is 468 g/mol. The molecule has 7 nitrogen and oxygen atoms in total. The maximum atomic E-state index is 13.1. The van der Waals surface area contributed by atoms with Gasteiger partial charge in [-0.05, 0) is 54.8 Å². The molecule has 2 heterocycles. The average Bonchev–Trinajstić information content (AvgIpc) is 3.40. The molecule has 1 aliphatic heterocycles. The van der Waals surface area contributed by atoms with E-state index < -0.39 is 0 Å². The van der Waals surface area contributed by atoms with Crippen LogP contribution in [0.1, 0.15) is 49.1 Å². The van der Waals surface area contributed by atoms with Crippen LogP contribution in [0.5, 0.6) is 5.75 Å². The number of H-pyrrole nitrogens is 1. The highest BCUT2D eigenvalue weighted by Crippen LogP contribution is 2.27. The van der Waals surface area contributed by atoms with E-state index in [0.717, 1.165) is 16.5 Å². The highest BCUT2D eigenvalue weighted by molar-refractivity contribution is 6.21. The molecule has 0 spiro atoms. The summed E-state index contributed by atoms with van der Waals surface area (Å²) in [6.45, 7) is 2.79. The molecule has 4 aromatic rings. The molecule has 35 heavy (non-hydrogen) atoms. The van der Waals surface area contributed by atoms with Gasteiger partial charge >= 0.3 is 0 Å². The van der Waals surface area contributed by atoms with Crippen molar-refractivity contribution in [1.82, 2.24) is 15.2 Å². The van der Waals surface area contributed by atoms with Crippen LogP contribution in [0.4, 0.5) is 0 Å². The SMILES string of the molecule is CCOc1ccc(CN2C(=O)c3ccccc3C2=O)cc1C(=O)NCCc1c[nH]c2ccccc12. The number of hydrogen-bond donors (Lipinski definition) is 2. The number of imide groups is 1. The van der Waals surface area contributed by atoms with Crippen LogP contribution in [-0.2, 0) is 13.0 Å². The Morgan fingerprint density at radius 1 is 0.971 bits per heavy atom. The summed E-state index contributed by atoms with van der Waals surface area (Å²) in [7, 11) is 0. The van der Waals surface area contributed by atoms with Crippen LogP contribution in [0.3, 0.4) is 0 Å². The van der Waals surface area contributed by atoms with Crippen LogP contribution < -0.4 is 10.1 Å². The first-order valence-corrected chi connectivity index (χ1v) is 11.6. The van der Waals surface area contributed by atoms with Gasteiger partial charge in [0.25, 0.3) is 17.7 Å². The number of ether oxygens (including phenoxy) is 1. The fourth-order valence-corrected chi connectivity index (χ4v) is 4.44. The maximum absolute atomic E-state index is 13.1. The van der Waals surface area contributed by atoms with Gasteiger partial charge in [0.05, 0.1) is 29.8 Å². The van der Waals surface area contributed by atoms with Gasteiger partial charge in [-0.25, -0.2) is 0 Å². The second-order valence-corrected chi connectivity index (χ2v) is 8.37. The molecule has 0 radical (unpaired) electrons. The Morgan fingerprint density at radius 2 is 1.69 bits per heavy atom. The normalized spacial score (nSPS) is 12.8. The number of aromatic amines is 1. The minimum Gasteiger partial charge on any atom is -0.493 e. The van der Waals surface area contributed by atoms with Crippen molar-refractivity contribution >= 4 is 28.6 Å². The predicted octanol–water partition coefficient (Wildman–Crippen LogP) is 4.34. The molecular weight excluding hydrogens is 442 g/mol. The van der Waals surface area contributed by atoms with Crippen molar-refractivity contribution in [2.45, 2.75) is 19.9 Å². The summed E-state index contributed by atoms with van der Waals surface area (Å²) in [5, 5.41) is 4.11. The van der Waals surface area contributed by atoms with Crippen LogP contribution in [0.25, 0.3) is 10.9 Å². The van der Waals surface area contributed by atoms with Crippen molar-refractivity contribution in [1.29, 1.82) is 0 Å². The highest BCUT2D eigenvalue weighted by atomic mass is 16.5. The zero-order chi connectivity index (χ0) is 24.4. The Balaban J connectivity index is 1.31. The summed E-state index contributed by atoms with van der Waals surface area (Å²) in [5.74, 6) is -0.464. The van der Waals surface area contributed by atoms with Gasteiger partial charge in [0, 0.05) is 23.6 Å². The molecule has 1 aliphatic rings. The largest absolute Gasteiger partial charge is 0.493 e. The van der Waals surface area contributed by atoms with Gasteiger partial charge in [-0.15, -0.1) is 0 Å². The number of amides is 3. The molecule has 0 saturated carbocycles. The molecule has 0 aliphatic carbocycles. The van der Waals surface area contributed by atoms with Crippen molar-refractivity contribution in [2.75, 3.05) is 13.2 Å². The van der Waals surface area contributed by atoms with E-state index in [1.165, 1.54) is 4.90 Å². The van der Waals surface area contributed by atoms with Gasteiger partial charge in [0.2, 0.25) is 0 Å². The summed E-state index contributed by atoms with van der Waals surface area (Å²) >= 11 is 0. The van der Waals surface area contributed by atoms with Crippen molar-refractivity contribution in [3.05, 3.63) is 101 Å². The van der Waals surface area contributed by atoms with Crippen LogP contribution in [0.15, 0.2) is 72.9 Å². The molecule has 1 aromatic heterocycles. The maximum Gasteiger partial charge on any atom is 0.261 e. The standard InChI is InChI=1S/C28H25N3O4/c1-2-35-25-12-11-18(17-31-27(33)21-8-3-4-9-22(21)28(31)34)15-23(25)26(32)29-14-13-19-16-30-24-10-6-5-7-20(19)24/h3-12,15-16,30H,2,13-14,17H2,1H3,(H,29,32). The number of hydrogen-bond acceptors (Lipinski definition) is 4. The molecule has 0 fully saturated rings. The fraction of sp³-hybridized carbons (Fsp3) is 0.179. The van der Waals surface area contributed by atoms with Gasteiger partial charge in [-0.2, -0.15) is 0 Å². The Bertz CT molecular complexity index is 1400. The third-order valence-corrected chi connectivity index (χ3v) is 6.16. The number of carbonyl (C=O) groups excluding carboxylic acids is 3. The molecule has 3 amide bonds. The monoisotopic (exact) mass is 467 g/mol. The van der Waals surface area contributed by atoms with Crippen molar-refractivity contribution in [3.63, 3.8) is 0 Å². The highest BCUT2D eigenvalue weighted by Gasteiger charge is 2.35. The van der Waals surface area contributed by atoms with Gasteiger partial charge in [0.1, 0.15) is 5.75 Å². The van der Waals surface area contributed by atoms with Gasteiger partial charge < -0.3 is 15.0 Å². The first-order chi connectivity index (χ1) is 17.1. The quantitative estimate of drug-likeness (QED) is 0.377. The van der Waals surface area contributed by atoms with Crippen LogP contribution in [0, 0.1) is 0 Å². The lowest BCUT2D eigenvalue weighted by atomic mass is 10.1. The van der Waals surface area contributed by atoms with E-state index in [1.807, 2.05) is 31.3 Å². The molecular formula is C28H25N3O4. The predicted molar refractivity (Wildman–Crippen MR) is 133 cm³/mol. The molecule has 0 atom stereocenters. The van der Waals surface area contributed by atoms with Gasteiger partial charge in [-0.1, -0.05) is 36.4 Å². The number of nitrogens with zero attached hydrogens (tertiary/aromatic N) is 1. The number of benzene rings is 3. The fourth-order valence-electron chi connectivity index (χ4n) is 4.44. The molecule has 176 valence electrons. The lowest BCUT2D eigenvalue weighted by Crippen LogP contribution is -2.29. The minimum atomic E-state index is -0.329. The molecule has 0 bridgehead atoms. The first-order valence-electron chi connectivity index (χ1n) is 11.6. The number of carbonyl (C=O) groups is 3. The Morgan fingerprint density at radius 3 is 2.43 bits per heavy atom. The number of rotatable bonds is 8. The van der Waals surface area contributed by atoms with Crippen molar-refractivity contribution in [3.8, 4) is 5.75 Å². The zero-order valence-corrected chi connectivity index (χ0v) is 19.3. The van der Waals surface area contributed by atoms with E-state index in [-0.39, 0.29) is 24.3 Å². The Hall–Kier alpha value is -4.39. The Kier molecular flexibility index (Phi) is 6.06. The van der Waals surface area contributed by atoms with Gasteiger partial charge in [-0.3, -0.25) is 19.3 Å². The first kappa shape index (κ1) is 22.4. The van der Waals surface area contributed by atoms with E-state index in [1.54, 1.807) is 42.5 Å². The third-order valence-electron chi connectivity index (χ3n) is 6.16. The summed E-state index contributed by atoms with van der Waals surface area (Å²) in [4.78, 5) is 43.0. The Labute approximate surface area is 202 Å². The minimum absolute atomic E-state index is 0.0777. The second kappa shape index (κ2) is 9.46. The molecule has 2 N–H and O–H groups in total. The molecule has 3 aromatic carbocycles. The zero-order valence-electron chi connectivity index (χ0n) is 19.3. The van der Waals surface area contributed by atoms with E-state index >= 15 is 0 Å². The lowest BCUT2D eigenvalue weighted by Gasteiger charge is -2.16. The number of nitrogens with one attached hydrogen (secondary N) is 2. The van der Waals surface area contributed by atoms with E-state index in [0.29, 0.717) is 47.6 Å². The summed E-state index contributed by atoms with van der Waals surface area (Å²) < 4.78 is 5.67. The number of fused-ring (bicyclic) bond motifs is 2. The summed E-state index contributed by atoms with van der Waals surface area (Å²) in [6.07, 6.45) is 2.64. The van der Waals surface area contributed by atoms with Crippen molar-refractivity contribution in [2.24, 2.45) is 0 Å². The lowest BCUT2D eigenvalue weighted by molar-refractivity contribution is 0.0642. The van der Waals surface area contributed by atoms with E-state index in [2.05, 4.69) is 16.4 Å². The molecule has 0 saturated heterocycles. The number of aromatic nitrogens is 1. The van der Waals surface area contributed by atoms with Crippen molar-refractivity contribution < 1.29 is 19.1 Å². The molecule has 0 unspecified atom stereocenters. The smallest absolute Gasteiger partial charge is 0.261 e. The molecule has 7 heteroatoms. The van der Waals surface area contributed by atoms with Crippen LogP contribution >= 0.6 is 0 Å². The van der Waals surface area contributed by atoms with E-state index in [9.17, 15) is 14.4 Å². The van der Waals surface area contributed by atoms with Crippen LogP contribution in [0.2, 0.25) is 0 Å². The summed E-state index contributed by atoms with van der Waals surface area (Å²) in [6, 6.07) is 20.0. The number of para-hydroxylation sites is 1. The second-order valence-electron chi connectivity index (χ2n) is 8.37. The van der Waals surface area contributed by atoms with E-state index in [4.69, 9.17) is 4.74 Å². The topological polar surface area (TPSA) is 91.5 Å².